The Morgan fingerprint density at radius 1 is 1.33 bits per heavy atom. The topological polar surface area (TPSA) is 46.5 Å². The maximum Gasteiger partial charge on any atom is 0.215 e. The van der Waals surface area contributed by atoms with Gasteiger partial charge in [0.25, 0.3) is 0 Å². The van der Waals surface area contributed by atoms with Gasteiger partial charge in [0.05, 0.1) is 5.52 Å². The molecule has 0 spiro atoms. The van der Waals surface area contributed by atoms with Crippen LogP contribution in [0.1, 0.15) is 32.3 Å². The van der Waals surface area contributed by atoms with Crippen LogP contribution in [0.2, 0.25) is 0 Å². The number of benzene rings is 1. The molecule has 0 bridgehead atoms. The van der Waals surface area contributed by atoms with E-state index in [4.69, 9.17) is 12.2 Å². The Morgan fingerprint density at radius 3 is 2.86 bits per heavy atom. The Bertz CT molecular complexity index is 865. The highest BCUT2D eigenvalue weighted by atomic mass is 79.9. The first kappa shape index (κ1) is 14.7. The molecular weight excluding hydrogens is 348 g/mol. The number of halogens is 1. The minimum Gasteiger partial charge on any atom is -0.324 e. The molecule has 3 aromatic rings. The van der Waals surface area contributed by atoms with Crippen LogP contribution >= 0.6 is 28.1 Å². The van der Waals surface area contributed by atoms with E-state index in [1.807, 2.05) is 0 Å². The molecule has 2 aromatic heterocycles. The summed E-state index contributed by atoms with van der Waals surface area (Å²) in [5, 5.41) is 8.37. The molecule has 0 saturated heterocycles. The molecule has 0 aliphatic heterocycles. The fourth-order valence-electron chi connectivity index (χ4n) is 2.76. The Balaban J connectivity index is 2.46. The second-order valence-corrected chi connectivity index (χ2v) is 6.43. The van der Waals surface area contributed by atoms with Crippen LogP contribution in [0.4, 0.5) is 0 Å². The normalized spacial score (nSPS) is 11.6. The van der Waals surface area contributed by atoms with E-state index < -0.39 is 0 Å². The van der Waals surface area contributed by atoms with Crippen LogP contribution in [0.15, 0.2) is 16.6 Å². The highest BCUT2D eigenvalue weighted by Crippen LogP contribution is 2.32. The number of nitrogens with zero attached hydrogens (tertiary/aromatic N) is 3. The van der Waals surface area contributed by atoms with Gasteiger partial charge in [-0.3, -0.25) is 5.10 Å². The SMILES string of the molecule is CCCCn1c2nc(=S)[nH]nc2c2cc(Br)cc(CC)c21. The second kappa shape index (κ2) is 5.85. The predicted octanol–water partition coefficient (Wildman–Crippen LogP) is 4.77. The van der Waals surface area contributed by atoms with Gasteiger partial charge in [-0.1, -0.05) is 36.2 Å². The summed E-state index contributed by atoms with van der Waals surface area (Å²) in [6.45, 7) is 5.32. The number of aromatic nitrogens is 4. The molecule has 0 unspecified atom stereocenters. The molecule has 0 aliphatic rings. The van der Waals surface area contributed by atoms with Crippen molar-refractivity contribution >= 4 is 50.2 Å². The zero-order valence-corrected chi connectivity index (χ0v) is 14.5. The number of nitrogens with one attached hydrogen (secondary N) is 1. The third-order valence-electron chi connectivity index (χ3n) is 3.73. The summed E-state index contributed by atoms with van der Waals surface area (Å²) in [6, 6.07) is 4.30. The molecule has 4 nitrogen and oxygen atoms in total. The first-order valence-corrected chi connectivity index (χ1v) is 8.42. The van der Waals surface area contributed by atoms with E-state index in [1.54, 1.807) is 0 Å². The first-order chi connectivity index (χ1) is 10.2. The molecular formula is C15H17BrN4S. The predicted molar refractivity (Wildman–Crippen MR) is 92.2 cm³/mol. The van der Waals surface area contributed by atoms with Gasteiger partial charge in [0.2, 0.25) is 4.77 Å². The van der Waals surface area contributed by atoms with Gasteiger partial charge in [0.1, 0.15) is 5.52 Å². The van der Waals surface area contributed by atoms with Gasteiger partial charge in [-0.2, -0.15) is 10.1 Å². The molecule has 1 N–H and O–H groups in total. The van der Waals surface area contributed by atoms with Crippen LogP contribution in [0, 0.1) is 4.77 Å². The summed E-state index contributed by atoms with van der Waals surface area (Å²) < 4.78 is 3.78. The molecule has 0 amide bonds. The molecule has 110 valence electrons. The third-order valence-corrected chi connectivity index (χ3v) is 4.37. The lowest BCUT2D eigenvalue weighted by Gasteiger charge is -2.09. The highest BCUT2D eigenvalue weighted by Gasteiger charge is 2.16. The number of hydrogen-bond acceptors (Lipinski definition) is 3. The van der Waals surface area contributed by atoms with Crippen molar-refractivity contribution in [2.75, 3.05) is 0 Å². The second-order valence-electron chi connectivity index (χ2n) is 5.13. The van der Waals surface area contributed by atoms with Crippen LogP contribution in [0.5, 0.6) is 0 Å². The molecule has 0 radical (unpaired) electrons. The summed E-state index contributed by atoms with van der Waals surface area (Å²) in [4.78, 5) is 4.52. The summed E-state index contributed by atoms with van der Waals surface area (Å²) in [5.74, 6) is 0. The van der Waals surface area contributed by atoms with Crippen molar-refractivity contribution in [3.63, 3.8) is 0 Å². The van der Waals surface area contributed by atoms with Gasteiger partial charge in [-0.15, -0.1) is 0 Å². The van der Waals surface area contributed by atoms with E-state index in [-0.39, 0.29) is 0 Å². The molecule has 3 rings (SSSR count). The first-order valence-electron chi connectivity index (χ1n) is 7.22. The number of hydrogen-bond donors (Lipinski definition) is 1. The molecule has 21 heavy (non-hydrogen) atoms. The Labute approximate surface area is 136 Å². The van der Waals surface area contributed by atoms with Crippen molar-refractivity contribution < 1.29 is 0 Å². The maximum atomic E-state index is 5.15. The standard InChI is InChI=1S/C15H17BrN4S/c1-3-5-6-20-13-9(4-2)7-10(16)8-11(13)12-14(20)17-15(21)19-18-12/h7-8H,3-6H2,1-2H3,(H,17,19,21). The van der Waals surface area contributed by atoms with Crippen molar-refractivity contribution in [2.24, 2.45) is 0 Å². The van der Waals surface area contributed by atoms with Gasteiger partial charge in [0.15, 0.2) is 5.65 Å². The minimum absolute atomic E-state index is 0.431. The molecule has 0 atom stereocenters. The van der Waals surface area contributed by atoms with Gasteiger partial charge >= 0.3 is 0 Å². The average molecular weight is 365 g/mol. The third kappa shape index (κ3) is 2.51. The van der Waals surface area contributed by atoms with Gasteiger partial charge in [0, 0.05) is 16.4 Å². The van der Waals surface area contributed by atoms with Crippen molar-refractivity contribution in [1.82, 2.24) is 19.7 Å². The van der Waals surface area contributed by atoms with Crippen LogP contribution in [0.3, 0.4) is 0 Å². The van der Waals surface area contributed by atoms with Crippen molar-refractivity contribution in [3.05, 3.63) is 26.9 Å². The molecule has 0 aliphatic carbocycles. The quantitative estimate of drug-likeness (QED) is 0.678. The van der Waals surface area contributed by atoms with Gasteiger partial charge < -0.3 is 4.57 Å². The van der Waals surface area contributed by atoms with Crippen molar-refractivity contribution in [1.29, 1.82) is 0 Å². The summed E-state index contributed by atoms with van der Waals surface area (Å²) in [7, 11) is 0. The molecule has 1 aromatic carbocycles. The summed E-state index contributed by atoms with van der Waals surface area (Å²) in [5.41, 5.74) is 4.32. The largest absolute Gasteiger partial charge is 0.324 e. The Kier molecular flexibility index (Phi) is 4.08. The van der Waals surface area contributed by atoms with Crippen LogP contribution < -0.4 is 0 Å². The Hall–Kier alpha value is -1.27. The lowest BCUT2D eigenvalue weighted by molar-refractivity contribution is 0.658. The molecule has 6 heteroatoms. The van der Waals surface area contributed by atoms with E-state index in [0.717, 1.165) is 46.8 Å². The van der Waals surface area contributed by atoms with Gasteiger partial charge in [-0.25, -0.2) is 0 Å². The highest BCUT2D eigenvalue weighted by molar-refractivity contribution is 9.10. The Morgan fingerprint density at radius 2 is 2.14 bits per heavy atom. The number of unbranched alkanes of at least 4 members (excludes halogenated alkanes) is 1. The number of H-pyrrole nitrogens is 1. The van der Waals surface area contributed by atoms with E-state index in [0.29, 0.717) is 4.77 Å². The van der Waals surface area contributed by atoms with Crippen molar-refractivity contribution in [2.45, 2.75) is 39.7 Å². The zero-order chi connectivity index (χ0) is 15.0. The monoisotopic (exact) mass is 364 g/mol. The van der Waals surface area contributed by atoms with E-state index in [1.165, 1.54) is 11.1 Å². The van der Waals surface area contributed by atoms with Crippen molar-refractivity contribution in [3.8, 4) is 0 Å². The average Bonchev–Trinajstić information content (AvgIpc) is 2.77. The van der Waals surface area contributed by atoms with E-state index in [2.05, 4.69) is 61.7 Å². The minimum atomic E-state index is 0.431. The molecule has 0 saturated carbocycles. The fraction of sp³-hybridized carbons (Fsp3) is 0.400. The van der Waals surface area contributed by atoms with Crippen LogP contribution in [-0.2, 0) is 13.0 Å². The number of aromatic amines is 1. The lowest BCUT2D eigenvalue weighted by Crippen LogP contribution is -2.01. The zero-order valence-electron chi connectivity index (χ0n) is 12.1. The number of aryl methyl sites for hydroxylation is 2. The fourth-order valence-corrected chi connectivity index (χ4v) is 3.40. The molecule has 2 heterocycles. The molecule has 0 fully saturated rings. The maximum absolute atomic E-state index is 5.15. The van der Waals surface area contributed by atoms with E-state index >= 15 is 0 Å². The summed E-state index contributed by atoms with van der Waals surface area (Å²) >= 11 is 8.75. The summed E-state index contributed by atoms with van der Waals surface area (Å²) in [6.07, 6.45) is 3.24. The van der Waals surface area contributed by atoms with E-state index in [9.17, 15) is 0 Å². The van der Waals surface area contributed by atoms with Crippen LogP contribution in [0.25, 0.3) is 22.1 Å². The number of fused-ring (bicyclic) bond motifs is 3. The lowest BCUT2D eigenvalue weighted by atomic mass is 10.1. The van der Waals surface area contributed by atoms with Crippen LogP contribution in [-0.4, -0.2) is 19.7 Å². The smallest absolute Gasteiger partial charge is 0.215 e. The van der Waals surface area contributed by atoms with Gasteiger partial charge in [-0.05, 0) is 42.8 Å². The number of rotatable bonds is 4.